The lowest BCUT2D eigenvalue weighted by Crippen LogP contribution is -2.39. The molecule has 2 aromatic carbocycles. The molecule has 0 aliphatic rings. The Morgan fingerprint density at radius 2 is 1.86 bits per heavy atom. The zero-order valence-corrected chi connectivity index (χ0v) is 15.5. The Morgan fingerprint density at radius 3 is 2.50 bits per heavy atom. The number of benzene rings is 2. The maximum Gasteiger partial charge on any atom is 0.329 e. The number of aromatic carboxylic acids is 1. The third-order valence-electron chi connectivity index (χ3n) is 3.76. The summed E-state index contributed by atoms with van der Waals surface area (Å²) in [5.41, 5.74) is 3.22. The van der Waals surface area contributed by atoms with Gasteiger partial charge >= 0.3 is 11.8 Å². The summed E-state index contributed by atoms with van der Waals surface area (Å²) in [6.07, 6.45) is 1.22. The molecule has 28 heavy (non-hydrogen) atoms. The quantitative estimate of drug-likeness (QED) is 0.416. The molecule has 0 fully saturated rings. The van der Waals surface area contributed by atoms with Gasteiger partial charge in [0.25, 0.3) is 0 Å². The zero-order valence-electron chi connectivity index (χ0n) is 15.5. The van der Waals surface area contributed by atoms with E-state index in [2.05, 4.69) is 15.8 Å². The summed E-state index contributed by atoms with van der Waals surface area (Å²) in [5, 5.41) is 17.4. The van der Waals surface area contributed by atoms with Crippen LogP contribution in [0.25, 0.3) is 0 Å². The molecule has 0 saturated carbocycles. The minimum Gasteiger partial charge on any atom is -0.545 e. The summed E-state index contributed by atoms with van der Waals surface area (Å²) in [6, 6.07) is 13.2. The number of ether oxygens (including phenoxy) is 1. The maximum atomic E-state index is 11.9. The standard InChI is InChI=1S/C20H21N3O5/c1-3-28-17-10-9-14(11-16(17)20(26)27)12-21-23-19(25)18(24)22-13(2)15-7-5-4-6-8-15/h4-13H,3H2,1-2H3,(H,22,24)(H,23,25)(H,26,27)/p-1/b21-12-/t13-/m0/s1. The third-order valence-corrected chi connectivity index (χ3v) is 3.76. The lowest BCUT2D eigenvalue weighted by molar-refractivity contribution is -0.255. The van der Waals surface area contributed by atoms with Crippen molar-refractivity contribution in [3.05, 3.63) is 65.2 Å². The van der Waals surface area contributed by atoms with Gasteiger partial charge in [-0.3, -0.25) is 9.59 Å². The van der Waals surface area contributed by atoms with Crippen molar-refractivity contribution in [2.75, 3.05) is 6.61 Å². The van der Waals surface area contributed by atoms with Gasteiger partial charge in [-0.25, -0.2) is 5.43 Å². The molecule has 146 valence electrons. The molecule has 0 spiro atoms. The van der Waals surface area contributed by atoms with E-state index in [1.807, 2.05) is 30.3 Å². The van der Waals surface area contributed by atoms with Gasteiger partial charge in [-0.2, -0.15) is 5.10 Å². The Kier molecular flexibility index (Phi) is 7.27. The number of nitrogens with one attached hydrogen (secondary N) is 2. The number of carbonyl (C=O) groups is 3. The van der Waals surface area contributed by atoms with Gasteiger partial charge in [0.15, 0.2) is 0 Å². The van der Waals surface area contributed by atoms with Gasteiger partial charge in [-0.1, -0.05) is 30.3 Å². The number of hydrogen-bond donors (Lipinski definition) is 2. The highest BCUT2D eigenvalue weighted by molar-refractivity contribution is 6.35. The fraction of sp³-hybridized carbons (Fsp3) is 0.200. The molecule has 0 aliphatic heterocycles. The Bertz CT molecular complexity index is 881. The third kappa shape index (κ3) is 5.66. The van der Waals surface area contributed by atoms with Crippen LogP contribution in [0.5, 0.6) is 5.75 Å². The first kappa shape index (κ1) is 20.6. The van der Waals surface area contributed by atoms with Gasteiger partial charge < -0.3 is 20.0 Å². The molecule has 0 bridgehead atoms. The summed E-state index contributed by atoms with van der Waals surface area (Å²) in [5.74, 6) is -2.99. The molecule has 0 saturated heterocycles. The van der Waals surface area contributed by atoms with Crippen LogP contribution in [-0.4, -0.2) is 30.6 Å². The van der Waals surface area contributed by atoms with Crippen LogP contribution in [0.15, 0.2) is 53.6 Å². The molecular weight excluding hydrogens is 362 g/mol. The summed E-state index contributed by atoms with van der Waals surface area (Å²) in [7, 11) is 0. The van der Waals surface area contributed by atoms with Crippen LogP contribution in [-0.2, 0) is 9.59 Å². The average Bonchev–Trinajstić information content (AvgIpc) is 2.69. The number of carboxylic acid groups (broad SMARTS) is 1. The molecule has 0 aromatic heterocycles. The molecule has 2 N–H and O–H groups in total. The highest BCUT2D eigenvalue weighted by atomic mass is 16.5. The summed E-state index contributed by atoms with van der Waals surface area (Å²) in [6.45, 7) is 3.79. The Balaban J connectivity index is 1.96. The molecule has 1 atom stereocenters. The molecule has 0 unspecified atom stereocenters. The van der Waals surface area contributed by atoms with E-state index in [1.165, 1.54) is 18.3 Å². The Labute approximate surface area is 162 Å². The molecule has 0 aliphatic carbocycles. The van der Waals surface area contributed by atoms with Crippen LogP contribution in [0.1, 0.15) is 41.4 Å². The number of hydrogen-bond acceptors (Lipinski definition) is 6. The summed E-state index contributed by atoms with van der Waals surface area (Å²) < 4.78 is 5.21. The number of amides is 2. The van der Waals surface area contributed by atoms with E-state index in [0.717, 1.165) is 5.56 Å². The van der Waals surface area contributed by atoms with Gasteiger partial charge in [0.1, 0.15) is 5.75 Å². The van der Waals surface area contributed by atoms with E-state index in [0.29, 0.717) is 12.2 Å². The van der Waals surface area contributed by atoms with E-state index in [4.69, 9.17) is 4.74 Å². The monoisotopic (exact) mass is 382 g/mol. The number of carboxylic acids is 1. The zero-order chi connectivity index (χ0) is 20.5. The fourth-order valence-corrected chi connectivity index (χ4v) is 2.37. The van der Waals surface area contributed by atoms with E-state index >= 15 is 0 Å². The minimum absolute atomic E-state index is 0.133. The maximum absolute atomic E-state index is 11.9. The predicted octanol–water partition coefficient (Wildman–Crippen LogP) is 0.776. The molecule has 2 aromatic rings. The average molecular weight is 382 g/mol. The van der Waals surface area contributed by atoms with E-state index in [9.17, 15) is 19.5 Å². The number of rotatable bonds is 7. The lowest BCUT2D eigenvalue weighted by Gasteiger charge is -2.13. The first-order valence-electron chi connectivity index (χ1n) is 8.59. The molecule has 8 heteroatoms. The van der Waals surface area contributed by atoms with Crippen molar-refractivity contribution >= 4 is 24.0 Å². The van der Waals surface area contributed by atoms with Crippen molar-refractivity contribution in [1.29, 1.82) is 0 Å². The van der Waals surface area contributed by atoms with Crippen LogP contribution in [0, 0.1) is 0 Å². The van der Waals surface area contributed by atoms with Crippen molar-refractivity contribution in [1.82, 2.24) is 10.7 Å². The second kappa shape index (κ2) is 9.86. The van der Waals surface area contributed by atoms with Crippen molar-refractivity contribution in [3.63, 3.8) is 0 Å². The van der Waals surface area contributed by atoms with Gasteiger partial charge in [-0.05, 0) is 43.2 Å². The van der Waals surface area contributed by atoms with Crippen LogP contribution in [0.4, 0.5) is 0 Å². The second-order valence-electron chi connectivity index (χ2n) is 5.78. The first-order chi connectivity index (χ1) is 13.4. The largest absolute Gasteiger partial charge is 0.545 e. The predicted molar refractivity (Wildman–Crippen MR) is 101 cm³/mol. The SMILES string of the molecule is CCOc1ccc(/C=N\NC(=O)C(=O)N[C@@H](C)c2ccccc2)cc1C(=O)[O-]. The molecule has 2 amide bonds. The van der Waals surface area contributed by atoms with Gasteiger partial charge in [0, 0.05) is 5.56 Å². The fourth-order valence-electron chi connectivity index (χ4n) is 2.37. The normalized spacial score (nSPS) is 11.6. The highest BCUT2D eigenvalue weighted by Gasteiger charge is 2.16. The molecule has 0 heterocycles. The molecule has 2 rings (SSSR count). The van der Waals surface area contributed by atoms with Crippen LogP contribution >= 0.6 is 0 Å². The topological polar surface area (TPSA) is 120 Å². The van der Waals surface area contributed by atoms with Crippen molar-refractivity contribution in [2.24, 2.45) is 5.10 Å². The van der Waals surface area contributed by atoms with Crippen molar-refractivity contribution < 1.29 is 24.2 Å². The van der Waals surface area contributed by atoms with Crippen molar-refractivity contribution in [2.45, 2.75) is 19.9 Å². The smallest absolute Gasteiger partial charge is 0.329 e. The van der Waals surface area contributed by atoms with E-state index in [1.54, 1.807) is 19.9 Å². The number of carbonyl (C=O) groups excluding carboxylic acids is 3. The summed E-state index contributed by atoms with van der Waals surface area (Å²) >= 11 is 0. The van der Waals surface area contributed by atoms with E-state index < -0.39 is 17.8 Å². The van der Waals surface area contributed by atoms with Gasteiger partial charge in [0.05, 0.1) is 24.8 Å². The number of hydrazone groups is 1. The molecule has 0 radical (unpaired) electrons. The minimum atomic E-state index is -1.39. The molecular formula is C20H20N3O5-. The van der Waals surface area contributed by atoms with Gasteiger partial charge in [0.2, 0.25) is 0 Å². The lowest BCUT2D eigenvalue weighted by atomic mass is 10.1. The highest BCUT2D eigenvalue weighted by Crippen LogP contribution is 2.19. The van der Waals surface area contributed by atoms with Gasteiger partial charge in [-0.15, -0.1) is 0 Å². The van der Waals surface area contributed by atoms with Crippen LogP contribution in [0.3, 0.4) is 0 Å². The van der Waals surface area contributed by atoms with E-state index in [-0.39, 0.29) is 17.4 Å². The first-order valence-corrected chi connectivity index (χ1v) is 8.59. The Hall–Kier alpha value is -3.68. The summed E-state index contributed by atoms with van der Waals surface area (Å²) in [4.78, 5) is 35.0. The number of nitrogens with zero attached hydrogens (tertiary/aromatic N) is 1. The van der Waals surface area contributed by atoms with Crippen molar-refractivity contribution in [3.8, 4) is 5.75 Å². The second-order valence-corrected chi connectivity index (χ2v) is 5.78. The van der Waals surface area contributed by atoms with Crippen LogP contribution in [0.2, 0.25) is 0 Å². The Morgan fingerprint density at radius 1 is 1.14 bits per heavy atom. The van der Waals surface area contributed by atoms with Crippen LogP contribution < -0.4 is 20.6 Å². The molecule has 8 nitrogen and oxygen atoms in total.